The van der Waals surface area contributed by atoms with Crippen molar-refractivity contribution >= 4 is 35.6 Å². The smallest absolute Gasteiger partial charge is 0.221 e. The summed E-state index contributed by atoms with van der Waals surface area (Å²) in [4.78, 5) is 8.56. The van der Waals surface area contributed by atoms with E-state index in [0.717, 1.165) is 23.4 Å². The van der Waals surface area contributed by atoms with E-state index in [9.17, 15) is 0 Å². The summed E-state index contributed by atoms with van der Waals surface area (Å²) in [6.45, 7) is 1.61. The third-order valence-electron chi connectivity index (χ3n) is 3.76. The second-order valence-electron chi connectivity index (χ2n) is 5.56. The number of halogens is 1. The molecule has 0 bridgehead atoms. The quantitative estimate of drug-likeness (QED) is 0.381. The zero-order valence-corrected chi connectivity index (χ0v) is 17.6. The van der Waals surface area contributed by atoms with Crippen molar-refractivity contribution in [3.05, 3.63) is 35.9 Å². The van der Waals surface area contributed by atoms with Crippen molar-refractivity contribution in [2.75, 3.05) is 32.8 Å². The minimum atomic E-state index is 0. The summed E-state index contributed by atoms with van der Waals surface area (Å²) in [6.07, 6.45) is 0.860. The number of aromatic nitrogens is 1. The molecule has 3 N–H and O–H groups in total. The van der Waals surface area contributed by atoms with E-state index in [-0.39, 0.29) is 29.9 Å². The maximum Gasteiger partial charge on any atom is 0.221 e. The molecule has 1 aromatic carbocycles. The van der Waals surface area contributed by atoms with E-state index in [1.54, 1.807) is 20.3 Å². The average molecular weight is 486 g/mol. The molecule has 0 spiro atoms. The third-order valence-corrected chi connectivity index (χ3v) is 3.76. The minimum absolute atomic E-state index is 0. The molecule has 0 aliphatic carbocycles. The summed E-state index contributed by atoms with van der Waals surface area (Å²) in [7, 11) is 3.10. The number of nitrogens with zero attached hydrogens (tertiary/aromatic N) is 2. The lowest BCUT2D eigenvalue weighted by Crippen LogP contribution is -2.22. The highest BCUT2D eigenvalue weighted by molar-refractivity contribution is 14.0. The third kappa shape index (κ3) is 5.52. The molecule has 2 heterocycles. The number of hydrogen-bond donors (Lipinski definition) is 2. The van der Waals surface area contributed by atoms with E-state index in [2.05, 4.69) is 15.3 Å². The topological polar surface area (TPSA) is 100 Å². The van der Waals surface area contributed by atoms with Gasteiger partial charge in [0.1, 0.15) is 0 Å². The van der Waals surface area contributed by atoms with Crippen LogP contribution in [-0.2, 0) is 6.54 Å². The first-order chi connectivity index (χ1) is 12.7. The number of methoxy groups -OCH3 is 2. The Kier molecular flexibility index (Phi) is 7.77. The van der Waals surface area contributed by atoms with Crippen molar-refractivity contribution < 1.29 is 18.9 Å². The van der Waals surface area contributed by atoms with Crippen LogP contribution in [0.2, 0.25) is 0 Å². The van der Waals surface area contributed by atoms with Crippen molar-refractivity contribution in [1.29, 1.82) is 0 Å². The van der Waals surface area contributed by atoms with Gasteiger partial charge in [0, 0.05) is 29.8 Å². The maximum atomic E-state index is 5.99. The van der Waals surface area contributed by atoms with Crippen LogP contribution in [0.1, 0.15) is 12.0 Å². The van der Waals surface area contributed by atoms with Crippen LogP contribution >= 0.6 is 24.0 Å². The summed E-state index contributed by atoms with van der Waals surface area (Å²) in [5.74, 6) is 2.64. The second kappa shape index (κ2) is 10.0. The van der Waals surface area contributed by atoms with Crippen LogP contribution in [-0.4, -0.2) is 38.4 Å². The van der Waals surface area contributed by atoms with Gasteiger partial charge in [0.2, 0.25) is 11.8 Å². The standard InChI is InChI=1S/C18H22N4O4.HI/c1-23-16-7-4-12(17(22-16)24-2)11-20-18(19)21-13-5-6-14-15(10-13)26-9-3-8-25-14;/h4-7,10H,3,8-9,11H2,1-2H3,(H3,19,20,21);1H. The molecule has 1 aromatic heterocycles. The molecular weight excluding hydrogens is 463 g/mol. The van der Waals surface area contributed by atoms with Crippen LogP contribution in [0.3, 0.4) is 0 Å². The highest BCUT2D eigenvalue weighted by atomic mass is 127. The van der Waals surface area contributed by atoms with Crippen molar-refractivity contribution in [1.82, 2.24) is 4.98 Å². The number of anilines is 1. The van der Waals surface area contributed by atoms with Gasteiger partial charge in [-0.25, -0.2) is 4.99 Å². The van der Waals surface area contributed by atoms with Crippen molar-refractivity contribution in [3.8, 4) is 23.3 Å². The summed E-state index contributed by atoms with van der Waals surface area (Å²) >= 11 is 0. The van der Waals surface area contributed by atoms with Crippen LogP contribution in [0.15, 0.2) is 35.3 Å². The van der Waals surface area contributed by atoms with Gasteiger partial charge in [-0.05, 0) is 18.2 Å². The zero-order chi connectivity index (χ0) is 18.4. The molecule has 0 saturated heterocycles. The number of ether oxygens (including phenoxy) is 4. The first kappa shape index (κ1) is 20.9. The van der Waals surface area contributed by atoms with Crippen LogP contribution in [0.25, 0.3) is 0 Å². The van der Waals surface area contributed by atoms with Crippen molar-refractivity contribution in [2.45, 2.75) is 13.0 Å². The molecule has 9 heteroatoms. The Morgan fingerprint density at radius 3 is 2.67 bits per heavy atom. The van der Waals surface area contributed by atoms with Gasteiger partial charge in [0.25, 0.3) is 0 Å². The molecule has 3 rings (SSSR count). The fourth-order valence-electron chi connectivity index (χ4n) is 2.46. The molecule has 1 aliphatic rings. The van der Waals surface area contributed by atoms with Gasteiger partial charge in [0.05, 0.1) is 34.0 Å². The maximum absolute atomic E-state index is 5.99. The summed E-state index contributed by atoms with van der Waals surface area (Å²) < 4.78 is 21.6. The lowest BCUT2D eigenvalue weighted by Gasteiger charge is -2.11. The lowest BCUT2D eigenvalue weighted by atomic mass is 10.2. The fraction of sp³-hybridized carbons (Fsp3) is 0.333. The Labute approximate surface area is 175 Å². The molecule has 2 aromatic rings. The summed E-state index contributed by atoms with van der Waals surface area (Å²) in [5.41, 5.74) is 7.56. The SMILES string of the molecule is COc1ccc(CN=C(N)Nc2ccc3c(c2)OCCCO3)c(OC)n1.I. The molecular formula is C18H23IN4O4. The highest BCUT2D eigenvalue weighted by Gasteiger charge is 2.11. The van der Waals surface area contributed by atoms with E-state index in [4.69, 9.17) is 24.7 Å². The van der Waals surface area contributed by atoms with Crippen molar-refractivity contribution in [2.24, 2.45) is 10.7 Å². The molecule has 0 atom stereocenters. The Morgan fingerprint density at radius 1 is 1.15 bits per heavy atom. The Hall–Kier alpha value is -2.43. The van der Waals surface area contributed by atoms with E-state index < -0.39 is 0 Å². The number of hydrogen-bond acceptors (Lipinski definition) is 6. The second-order valence-corrected chi connectivity index (χ2v) is 5.56. The number of nitrogens with two attached hydrogens (primary N) is 1. The number of aliphatic imine (C=N–C) groups is 1. The van der Waals surface area contributed by atoms with Gasteiger partial charge in [0.15, 0.2) is 17.5 Å². The van der Waals surface area contributed by atoms with E-state index in [0.29, 0.717) is 37.3 Å². The summed E-state index contributed by atoms with van der Waals surface area (Å²) in [6, 6.07) is 9.16. The average Bonchev–Trinajstić information content (AvgIpc) is 2.91. The number of fused-ring (bicyclic) bond motifs is 1. The number of pyridine rings is 1. The first-order valence-electron chi connectivity index (χ1n) is 8.24. The molecule has 0 fully saturated rings. The number of guanidine groups is 1. The van der Waals surface area contributed by atoms with Crippen LogP contribution in [0.5, 0.6) is 23.3 Å². The van der Waals surface area contributed by atoms with Gasteiger partial charge < -0.3 is 30.0 Å². The molecule has 0 amide bonds. The highest BCUT2D eigenvalue weighted by Crippen LogP contribution is 2.32. The van der Waals surface area contributed by atoms with Crippen LogP contribution in [0, 0.1) is 0 Å². The van der Waals surface area contributed by atoms with Crippen LogP contribution in [0.4, 0.5) is 5.69 Å². The normalized spacial score (nSPS) is 13.2. The Bertz CT molecular complexity index is 801. The van der Waals surface area contributed by atoms with E-state index in [1.807, 2.05) is 24.3 Å². The number of benzene rings is 1. The molecule has 8 nitrogen and oxygen atoms in total. The van der Waals surface area contributed by atoms with Gasteiger partial charge in [-0.3, -0.25) is 0 Å². The Balaban J connectivity index is 0.00000261. The first-order valence-corrected chi connectivity index (χ1v) is 8.24. The monoisotopic (exact) mass is 486 g/mol. The predicted octanol–water partition coefficient (Wildman–Crippen LogP) is 2.80. The largest absolute Gasteiger partial charge is 0.490 e. The van der Waals surface area contributed by atoms with E-state index >= 15 is 0 Å². The minimum Gasteiger partial charge on any atom is -0.490 e. The lowest BCUT2D eigenvalue weighted by molar-refractivity contribution is 0.297. The van der Waals surface area contributed by atoms with Gasteiger partial charge in [-0.2, -0.15) is 4.98 Å². The van der Waals surface area contributed by atoms with Gasteiger partial charge in [-0.15, -0.1) is 24.0 Å². The van der Waals surface area contributed by atoms with Crippen LogP contribution < -0.4 is 30.0 Å². The van der Waals surface area contributed by atoms with Gasteiger partial charge >= 0.3 is 0 Å². The predicted molar refractivity (Wildman–Crippen MR) is 114 cm³/mol. The molecule has 0 saturated carbocycles. The Morgan fingerprint density at radius 2 is 1.93 bits per heavy atom. The zero-order valence-electron chi connectivity index (χ0n) is 15.2. The molecule has 1 aliphatic heterocycles. The number of rotatable bonds is 5. The van der Waals surface area contributed by atoms with Gasteiger partial charge in [-0.1, -0.05) is 0 Å². The fourth-order valence-corrected chi connectivity index (χ4v) is 2.46. The molecule has 146 valence electrons. The summed E-state index contributed by atoms with van der Waals surface area (Å²) in [5, 5.41) is 3.05. The molecule has 0 unspecified atom stereocenters. The molecule has 0 radical (unpaired) electrons. The van der Waals surface area contributed by atoms with Crippen molar-refractivity contribution in [3.63, 3.8) is 0 Å². The number of nitrogens with one attached hydrogen (secondary N) is 1. The van der Waals surface area contributed by atoms with E-state index in [1.165, 1.54) is 0 Å². The molecule has 27 heavy (non-hydrogen) atoms.